The van der Waals surface area contributed by atoms with Crippen molar-refractivity contribution in [1.29, 1.82) is 0 Å². The predicted molar refractivity (Wildman–Crippen MR) is 105 cm³/mol. The van der Waals surface area contributed by atoms with Crippen LogP contribution in [0.15, 0.2) is 46.9 Å². The van der Waals surface area contributed by atoms with E-state index in [0.29, 0.717) is 35.2 Å². The fraction of sp³-hybridized carbons (Fsp3) is 0.316. The van der Waals surface area contributed by atoms with Gasteiger partial charge in [0.1, 0.15) is 12.4 Å². The molecule has 0 heterocycles. The summed E-state index contributed by atoms with van der Waals surface area (Å²) in [6.45, 7) is 2.33. The molecule has 0 spiro atoms. The molecular weight excluding hydrogens is 427 g/mol. The van der Waals surface area contributed by atoms with Crippen LogP contribution < -0.4 is 4.74 Å². The summed E-state index contributed by atoms with van der Waals surface area (Å²) >= 11 is 15.8. The van der Waals surface area contributed by atoms with E-state index in [0.717, 1.165) is 16.3 Å². The van der Waals surface area contributed by atoms with Gasteiger partial charge < -0.3 is 14.3 Å². The maximum absolute atomic E-state index is 10.8. The Morgan fingerprint density at radius 3 is 2.40 bits per heavy atom. The van der Waals surface area contributed by atoms with Crippen molar-refractivity contribution in [3.05, 3.63) is 62.5 Å². The molecule has 2 atom stereocenters. The Labute approximate surface area is 166 Å². The smallest absolute Gasteiger partial charge is 0.157 e. The largest absolute Gasteiger partial charge is 0.485 e. The summed E-state index contributed by atoms with van der Waals surface area (Å²) in [5.74, 6) is 0.415. The summed E-state index contributed by atoms with van der Waals surface area (Å²) < 4.78 is 12.7. The highest BCUT2D eigenvalue weighted by molar-refractivity contribution is 9.10. The Kier molecular flexibility index (Phi) is 8.24. The summed E-state index contributed by atoms with van der Waals surface area (Å²) in [5.41, 5.74) is 1.06. The van der Waals surface area contributed by atoms with E-state index in [9.17, 15) is 4.79 Å². The average molecular weight is 446 g/mol. The number of benzene rings is 2. The molecule has 0 aliphatic heterocycles. The zero-order valence-electron chi connectivity index (χ0n) is 13.8. The van der Waals surface area contributed by atoms with Crippen LogP contribution in [0.1, 0.15) is 25.3 Å². The first kappa shape index (κ1) is 20.2. The lowest BCUT2D eigenvalue weighted by Gasteiger charge is -2.26. The Bertz CT molecular complexity index is 671. The molecule has 25 heavy (non-hydrogen) atoms. The highest BCUT2D eigenvalue weighted by Gasteiger charge is 2.22. The molecule has 0 amide bonds. The van der Waals surface area contributed by atoms with E-state index in [1.807, 2.05) is 37.3 Å². The molecule has 2 rings (SSSR count). The first-order chi connectivity index (χ1) is 12.0. The van der Waals surface area contributed by atoms with Gasteiger partial charge in [-0.2, -0.15) is 0 Å². The molecule has 134 valence electrons. The van der Waals surface area contributed by atoms with Gasteiger partial charge in [0, 0.05) is 10.9 Å². The minimum Gasteiger partial charge on any atom is -0.485 e. The van der Waals surface area contributed by atoms with E-state index in [1.165, 1.54) is 0 Å². The lowest BCUT2D eigenvalue weighted by atomic mass is 10.1. The van der Waals surface area contributed by atoms with Gasteiger partial charge in [-0.15, -0.1) is 0 Å². The lowest BCUT2D eigenvalue weighted by molar-refractivity contribution is -0.109. The Balaban J connectivity index is 2.07. The molecule has 1 unspecified atom stereocenters. The summed E-state index contributed by atoms with van der Waals surface area (Å²) in [5, 5.41) is 0.840. The predicted octanol–water partition coefficient (Wildman–Crippen LogP) is 6.09. The van der Waals surface area contributed by atoms with Crippen molar-refractivity contribution >= 4 is 45.4 Å². The standard InChI is InChI=1S/C19H19BrCl2O3/c1-13(25-19-16(21)10-15(20)11-17(19)22)18(8-5-9-23)24-12-14-6-3-2-4-7-14/h2-4,6-7,9-11,13,18H,5,8,12H2,1H3/t13?,18-/m0/s1. The average Bonchev–Trinajstić information content (AvgIpc) is 2.59. The van der Waals surface area contributed by atoms with Crippen LogP contribution in [-0.2, 0) is 16.1 Å². The summed E-state index contributed by atoms with van der Waals surface area (Å²) in [6.07, 6.45) is 1.25. The molecular formula is C19H19BrCl2O3. The molecule has 0 fully saturated rings. The molecule has 0 saturated carbocycles. The van der Waals surface area contributed by atoms with Crippen molar-refractivity contribution in [3.8, 4) is 5.75 Å². The SMILES string of the molecule is CC(Oc1c(Cl)cc(Br)cc1Cl)[C@H](CCC=O)OCc1ccccc1. The Hall–Kier alpha value is -1.07. The van der Waals surface area contributed by atoms with Crippen LogP contribution in [0.3, 0.4) is 0 Å². The Morgan fingerprint density at radius 2 is 1.80 bits per heavy atom. The van der Waals surface area contributed by atoms with Gasteiger partial charge in [-0.05, 0) is 31.0 Å². The summed E-state index contributed by atoms with van der Waals surface area (Å²) in [6, 6.07) is 13.3. The first-order valence-electron chi connectivity index (χ1n) is 7.91. The zero-order chi connectivity index (χ0) is 18.2. The van der Waals surface area contributed by atoms with E-state index in [1.54, 1.807) is 12.1 Å². The van der Waals surface area contributed by atoms with Crippen molar-refractivity contribution in [2.45, 2.75) is 38.6 Å². The lowest BCUT2D eigenvalue weighted by Crippen LogP contribution is -2.32. The van der Waals surface area contributed by atoms with Crippen LogP contribution in [0.2, 0.25) is 10.0 Å². The van der Waals surface area contributed by atoms with Gasteiger partial charge in [0.05, 0.1) is 22.8 Å². The van der Waals surface area contributed by atoms with E-state index in [2.05, 4.69) is 15.9 Å². The first-order valence-corrected chi connectivity index (χ1v) is 9.46. The van der Waals surface area contributed by atoms with E-state index < -0.39 is 0 Å². The molecule has 0 aliphatic carbocycles. The normalized spacial score (nSPS) is 13.3. The zero-order valence-corrected chi connectivity index (χ0v) is 16.9. The van der Waals surface area contributed by atoms with E-state index >= 15 is 0 Å². The summed E-state index contributed by atoms with van der Waals surface area (Å²) in [4.78, 5) is 10.8. The van der Waals surface area contributed by atoms with Crippen LogP contribution in [0.5, 0.6) is 5.75 Å². The van der Waals surface area contributed by atoms with Crippen molar-refractivity contribution < 1.29 is 14.3 Å². The Morgan fingerprint density at radius 1 is 1.16 bits per heavy atom. The maximum Gasteiger partial charge on any atom is 0.157 e. The molecule has 0 N–H and O–H groups in total. The number of hydrogen-bond donors (Lipinski definition) is 0. The number of hydrogen-bond acceptors (Lipinski definition) is 3. The number of halogens is 3. The fourth-order valence-corrected chi connectivity index (χ4v) is 3.66. The van der Waals surface area contributed by atoms with E-state index in [4.69, 9.17) is 32.7 Å². The molecule has 0 aromatic heterocycles. The minimum absolute atomic E-state index is 0.263. The van der Waals surface area contributed by atoms with Gasteiger partial charge in [-0.25, -0.2) is 0 Å². The highest BCUT2D eigenvalue weighted by Crippen LogP contribution is 2.37. The van der Waals surface area contributed by atoms with Crippen LogP contribution in [0, 0.1) is 0 Å². The second kappa shape index (κ2) is 10.2. The van der Waals surface area contributed by atoms with Gasteiger partial charge in [-0.1, -0.05) is 69.5 Å². The van der Waals surface area contributed by atoms with Crippen LogP contribution in [0.25, 0.3) is 0 Å². The number of rotatable bonds is 9. The van der Waals surface area contributed by atoms with Gasteiger partial charge in [-0.3, -0.25) is 0 Å². The highest BCUT2D eigenvalue weighted by atomic mass is 79.9. The molecule has 0 aliphatic rings. The number of ether oxygens (including phenoxy) is 2. The molecule has 3 nitrogen and oxygen atoms in total. The topological polar surface area (TPSA) is 35.5 Å². The van der Waals surface area contributed by atoms with Crippen molar-refractivity contribution in [2.24, 2.45) is 0 Å². The van der Waals surface area contributed by atoms with Crippen molar-refractivity contribution in [3.63, 3.8) is 0 Å². The number of carbonyl (C=O) groups is 1. The third-order valence-electron chi connectivity index (χ3n) is 3.67. The second-order valence-electron chi connectivity index (χ2n) is 5.60. The van der Waals surface area contributed by atoms with Crippen LogP contribution in [-0.4, -0.2) is 18.5 Å². The fourth-order valence-electron chi connectivity index (χ4n) is 2.37. The number of carbonyl (C=O) groups excluding carboxylic acids is 1. The molecule has 0 radical (unpaired) electrons. The molecule has 6 heteroatoms. The van der Waals surface area contributed by atoms with Gasteiger partial charge in [0.15, 0.2) is 5.75 Å². The molecule has 2 aromatic rings. The van der Waals surface area contributed by atoms with E-state index in [-0.39, 0.29) is 12.2 Å². The van der Waals surface area contributed by atoms with Crippen LogP contribution in [0.4, 0.5) is 0 Å². The molecule has 0 saturated heterocycles. The van der Waals surface area contributed by atoms with Crippen LogP contribution >= 0.6 is 39.1 Å². The van der Waals surface area contributed by atoms with Crippen molar-refractivity contribution in [2.75, 3.05) is 0 Å². The quantitative estimate of drug-likeness (QED) is 0.438. The maximum atomic E-state index is 10.8. The third kappa shape index (κ3) is 6.30. The molecule has 2 aromatic carbocycles. The third-order valence-corrected chi connectivity index (χ3v) is 4.69. The number of aldehydes is 1. The van der Waals surface area contributed by atoms with Gasteiger partial charge >= 0.3 is 0 Å². The minimum atomic E-state index is -0.320. The van der Waals surface area contributed by atoms with Gasteiger partial charge in [0.25, 0.3) is 0 Å². The van der Waals surface area contributed by atoms with Gasteiger partial charge in [0.2, 0.25) is 0 Å². The molecule has 0 bridgehead atoms. The summed E-state index contributed by atoms with van der Waals surface area (Å²) in [7, 11) is 0. The monoisotopic (exact) mass is 444 g/mol. The second-order valence-corrected chi connectivity index (χ2v) is 7.33. The van der Waals surface area contributed by atoms with Crippen molar-refractivity contribution in [1.82, 2.24) is 0 Å².